The van der Waals surface area contributed by atoms with Gasteiger partial charge in [0.15, 0.2) is 0 Å². The predicted molar refractivity (Wildman–Crippen MR) is 183 cm³/mol. The maximum absolute atomic E-state index is 13.7. The molecule has 0 radical (unpaired) electrons. The van der Waals surface area contributed by atoms with Gasteiger partial charge in [0.2, 0.25) is 5.91 Å². The zero-order chi connectivity index (χ0) is 33.2. The average molecular weight is 635 g/mol. The van der Waals surface area contributed by atoms with Gasteiger partial charge in [0, 0.05) is 38.1 Å². The van der Waals surface area contributed by atoms with Gasteiger partial charge in [-0.25, -0.2) is 0 Å². The monoisotopic (exact) mass is 634 g/mol. The lowest BCUT2D eigenvalue weighted by Crippen LogP contribution is -2.61. The van der Waals surface area contributed by atoms with Gasteiger partial charge in [0.25, 0.3) is 0 Å². The van der Waals surface area contributed by atoms with Crippen LogP contribution in [-0.2, 0) is 29.3 Å². The van der Waals surface area contributed by atoms with E-state index in [-0.39, 0.29) is 30.4 Å². The second-order valence-corrected chi connectivity index (χ2v) is 15.7. The van der Waals surface area contributed by atoms with Crippen molar-refractivity contribution in [3.05, 3.63) is 65.2 Å². The number of hydroxylamine groups is 2. The third-order valence-electron chi connectivity index (χ3n) is 11.2. The molecule has 2 aromatic carbocycles. The molecule has 0 aromatic heterocycles. The molecule has 1 amide bonds. The molecule has 1 saturated heterocycles. The summed E-state index contributed by atoms with van der Waals surface area (Å²) in [7, 11) is 4.25. The predicted octanol–water partition coefficient (Wildman–Crippen LogP) is 5.42. The molecule has 0 spiro atoms. The number of nitrogens with zero attached hydrogens (tertiary/aromatic N) is 3. The number of amides is 1. The number of aliphatic hydroxyl groups excluding tert-OH is 1. The number of benzene rings is 2. The number of nitrogens with one attached hydrogen (secondary N) is 1. The van der Waals surface area contributed by atoms with E-state index in [0.29, 0.717) is 48.1 Å². The number of phenols is 1. The van der Waals surface area contributed by atoms with E-state index in [2.05, 4.69) is 94.2 Å². The van der Waals surface area contributed by atoms with Crippen molar-refractivity contribution in [3.63, 3.8) is 0 Å². The molecule has 7 atom stereocenters. The summed E-state index contributed by atoms with van der Waals surface area (Å²) in [6.45, 7) is 14.4. The van der Waals surface area contributed by atoms with Crippen LogP contribution in [0.25, 0.3) is 0 Å². The molecule has 1 unspecified atom stereocenters. The molecule has 4 aliphatic rings. The highest BCUT2D eigenvalue weighted by Gasteiger charge is 2.56. The van der Waals surface area contributed by atoms with Gasteiger partial charge in [-0.15, -0.1) is 0 Å². The summed E-state index contributed by atoms with van der Waals surface area (Å²) < 4.78 is 0. The number of carbonyl (C=O) groups is 1. The fraction of sp³-hybridized carbons (Fsp3) is 0.658. The first-order chi connectivity index (χ1) is 21.8. The van der Waals surface area contributed by atoms with Crippen LogP contribution in [0, 0.1) is 29.1 Å². The van der Waals surface area contributed by atoms with E-state index < -0.39 is 6.04 Å². The Balaban J connectivity index is 1.30. The van der Waals surface area contributed by atoms with Crippen molar-refractivity contribution in [3.8, 4) is 5.75 Å². The zero-order valence-corrected chi connectivity index (χ0v) is 29.2. The Hall–Kier alpha value is -2.49. The largest absolute Gasteiger partial charge is 0.508 e. The summed E-state index contributed by atoms with van der Waals surface area (Å²) in [4.78, 5) is 24.6. The summed E-state index contributed by atoms with van der Waals surface area (Å²) in [6, 6.07) is 16.2. The van der Waals surface area contributed by atoms with Gasteiger partial charge >= 0.3 is 0 Å². The topological polar surface area (TPSA) is 88.5 Å². The minimum Gasteiger partial charge on any atom is -0.508 e. The Morgan fingerprint density at radius 3 is 2.33 bits per heavy atom. The van der Waals surface area contributed by atoms with E-state index in [1.165, 1.54) is 12.0 Å². The lowest BCUT2D eigenvalue weighted by atomic mass is 9.45. The molecule has 254 valence electrons. The Kier molecular flexibility index (Phi) is 11.2. The molecule has 6 rings (SSSR count). The minimum atomic E-state index is -0.433. The molecule has 3 aliphatic carbocycles. The van der Waals surface area contributed by atoms with E-state index in [0.717, 1.165) is 43.6 Å². The quantitative estimate of drug-likeness (QED) is 0.256. The van der Waals surface area contributed by atoms with Gasteiger partial charge in [-0.05, 0) is 91.3 Å². The fourth-order valence-corrected chi connectivity index (χ4v) is 8.54. The molecule has 46 heavy (non-hydrogen) atoms. The number of hydrogen-bond acceptors (Lipinski definition) is 7. The lowest BCUT2D eigenvalue weighted by Gasteiger charge is -2.62. The number of rotatable bonds is 14. The van der Waals surface area contributed by atoms with E-state index in [1.54, 1.807) is 11.1 Å². The first kappa shape index (κ1) is 34.8. The van der Waals surface area contributed by atoms with Crippen LogP contribution in [0.15, 0.2) is 48.5 Å². The highest BCUT2D eigenvalue weighted by molar-refractivity contribution is 5.82. The average Bonchev–Trinajstić information content (AvgIpc) is 3.40. The molecule has 3 N–H and O–H groups in total. The number of carbonyl (C=O) groups excluding carboxylic acids is 1. The number of aliphatic hydroxyl groups is 1. The van der Waals surface area contributed by atoms with Crippen LogP contribution in [0.2, 0.25) is 0 Å². The second-order valence-electron chi connectivity index (χ2n) is 15.7. The molecular formula is C38H58N4O4. The van der Waals surface area contributed by atoms with E-state index in [9.17, 15) is 15.0 Å². The van der Waals surface area contributed by atoms with E-state index in [1.807, 2.05) is 12.1 Å². The molecule has 8 heteroatoms. The first-order valence-corrected chi connectivity index (χ1v) is 17.4. The van der Waals surface area contributed by atoms with Crippen LogP contribution in [0.4, 0.5) is 0 Å². The van der Waals surface area contributed by atoms with Crippen molar-refractivity contribution in [2.45, 2.75) is 104 Å². The summed E-state index contributed by atoms with van der Waals surface area (Å²) in [6.07, 6.45) is 3.49. The molecule has 4 fully saturated rings. The lowest BCUT2D eigenvalue weighted by molar-refractivity contribution is -0.182. The molecule has 3 saturated carbocycles. The summed E-state index contributed by atoms with van der Waals surface area (Å²) >= 11 is 0. The van der Waals surface area contributed by atoms with Crippen LogP contribution >= 0.6 is 0 Å². The Morgan fingerprint density at radius 2 is 1.72 bits per heavy atom. The van der Waals surface area contributed by atoms with Crippen molar-refractivity contribution < 1.29 is 19.8 Å². The van der Waals surface area contributed by atoms with Crippen LogP contribution < -0.4 is 5.32 Å². The van der Waals surface area contributed by atoms with Gasteiger partial charge in [0.05, 0.1) is 13.2 Å². The van der Waals surface area contributed by atoms with Gasteiger partial charge < -0.3 is 20.4 Å². The van der Waals surface area contributed by atoms with E-state index >= 15 is 0 Å². The molecule has 2 bridgehead atoms. The van der Waals surface area contributed by atoms with E-state index in [4.69, 9.17) is 4.84 Å². The Bertz CT molecular complexity index is 1310. The molecular weight excluding hydrogens is 576 g/mol. The highest BCUT2D eigenvalue weighted by Crippen LogP contribution is 2.61. The third kappa shape index (κ3) is 8.13. The number of fused-ring (bicyclic) bond motifs is 2. The van der Waals surface area contributed by atoms with Gasteiger partial charge in [0.1, 0.15) is 17.9 Å². The fourth-order valence-electron chi connectivity index (χ4n) is 8.54. The van der Waals surface area contributed by atoms with Crippen molar-refractivity contribution >= 4 is 5.91 Å². The Morgan fingerprint density at radius 1 is 1.04 bits per heavy atom. The molecule has 8 nitrogen and oxygen atoms in total. The zero-order valence-electron chi connectivity index (χ0n) is 29.2. The number of phenolic OH excluding ortho intramolecular Hbond substituents is 1. The molecule has 2 aromatic rings. The van der Waals surface area contributed by atoms with Gasteiger partial charge in [-0.1, -0.05) is 71.0 Å². The summed E-state index contributed by atoms with van der Waals surface area (Å²) in [5.74, 6) is 2.64. The van der Waals surface area contributed by atoms with Crippen molar-refractivity contribution in [2.24, 2.45) is 29.1 Å². The van der Waals surface area contributed by atoms with Crippen LogP contribution in [-0.4, -0.2) is 82.5 Å². The molecule has 1 aliphatic heterocycles. The van der Waals surface area contributed by atoms with Crippen molar-refractivity contribution in [1.29, 1.82) is 0 Å². The van der Waals surface area contributed by atoms with Crippen molar-refractivity contribution in [2.75, 3.05) is 27.2 Å². The normalized spacial score (nSPS) is 28.1. The second kappa shape index (κ2) is 14.7. The Labute approximate surface area is 277 Å². The molecule has 1 heterocycles. The number of aromatic hydroxyl groups is 1. The first-order valence-electron chi connectivity index (χ1n) is 17.4. The maximum Gasteiger partial charge on any atom is 0.240 e. The number of hydrogen-bond donors (Lipinski definition) is 3. The third-order valence-corrected chi connectivity index (χ3v) is 11.2. The van der Waals surface area contributed by atoms with Crippen LogP contribution in [0.5, 0.6) is 5.75 Å². The van der Waals surface area contributed by atoms with Crippen molar-refractivity contribution in [1.82, 2.24) is 20.2 Å². The maximum atomic E-state index is 13.7. The van der Waals surface area contributed by atoms with Crippen LogP contribution in [0.1, 0.15) is 77.0 Å². The van der Waals surface area contributed by atoms with Gasteiger partial charge in [-0.3, -0.25) is 14.5 Å². The summed E-state index contributed by atoms with van der Waals surface area (Å²) in [5.41, 5.74) is 3.73. The van der Waals surface area contributed by atoms with Gasteiger partial charge in [-0.2, -0.15) is 5.06 Å². The summed E-state index contributed by atoms with van der Waals surface area (Å²) in [5, 5.41) is 25.3. The highest BCUT2D eigenvalue weighted by atomic mass is 16.7. The SMILES string of the molecule is CC(C)C[C@@H](CN(C)C)N(Cc1cccc(O)c1)Cc1cccc(CN2O[C@@H](CO)CC2C(=O)N[C@H]2C[C@H]3C[C@@H]([C@@H]2C)C3(C)C)c1. The number of likely N-dealkylation sites (N-methyl/N-ethyl adjacent to an activating group) is 1. The minimum absolute atomic E-state index is 0.0144. The smallest absolute Gasteiger partial charge is 0.240 e. The van der Waals surface area contributed by atoms with Crippen LogP contribution in [0.3, 0.4) is 0 Å². The standard InChI is InChI=1S/C38H58N4O4/c1-25(2)14-31(23-40(6)7)41(21-29-12-9-13-32(44)16-29)20-27-10-8-11-28(15-27)22-42-36(19-33(24-43)46-42)37(45)39-35-18-30-17-34(26(35)3)38(30,4)5/h8-13,15-16,25-26,30-31,33-36,43-44H,14,17-24H2,1-7H3,(H,39,45)/t26-,30+,31-,33+,34-,35-,36?/m0/s1.